The molecule has 0 saturated carbocycles. The summed E-state index contributed by atoms with van der Waals surface area (Å²) in [6.07, 6.45) is 0.682. The average molecular weight is 483 g/mol. The zero-order valence-corrected chi connectivity index (χ0v) is 17.2. The van der Waals surface area contributed by atoms with Crippen LogP contribution in [0.15, 0.2) is 41.3 Å². The van der Waals surface area contributed by atoms with Gasteiger partial charge in [-0.3, -0.25) is 0 Å². The molecule has 0 radical (unpaired) electrons. The second kappa shape index (κ2) is 8.26. The van der Waals surface area contributed by atoms with Crippen molar-refractivity contribution in [2.75, 3.05) is 24.4 Å². The summed E-state index contributed by atoms with van der Waals surface area (Å²) in [5.74, 6) is 0. The van der Waals surface area contributed by atoms with Crippen LogP contribution in [0, 0.1) is 0 Å². The number of rotatable bonds is 7. The normalized spacial score (nSPS) is 12.0. The first-order chi connectivity index (χ1) is 10.8. The number of benzene rings is 2. The van der Waals surface area contributed by atoms with Gasteiger partial charge in [-0.05, 0) is 18.6 Å². The second-order valence-corrected chi connectivity index (χ2v) is 9.71. The minimum Gasteiger partial charge on any atom is -0.321 e. The predicted octanol–water partition coefficient (Wildman–Crippen LogP) is 3.29. The highest BCUT2D eigenvalue weighted by Crippen LogP contribution is 2.31. The third-order valence-corrected chi connectivity index (χ3v) is 5.73. The number of thiol groups is 2. The number of sulfonamides is 1. The number of hydrogen-bond donors (Lipinski definition) is 3. The minimum atomic E-state index is -3.57. The van der Waals surface area contributed by atoms with Gasteiger partial charge in [0.15, 0.2) is 0 Å². The van der Waals surface area contributed by atoms with E-state index < -0.39 is 10.0 Å². The van der Waals surface area contributed by atoms with Crippen LogP contribution in [0.25, 0.3) is 10.8 Å². The molecule has 2 rings (SSSR count). The quantitative estimate of drug-likeness (QED) is 0.245. The molecule has 23 heavy (non-hydrogen) atoms. The Bertz CT molecular complexity index is 782. The molecule has 9 heteroatoms. The summed E-state index contributed by atoms with van der Waals surface area (Å²) in [6.45, 7) is 1.06. The zero-order chi connectivity index (χ0) is 17.0. The Morgan fingerprint density at radius 2 is 1.78 bits per heavy atom. The minimum absolute atomic E-state index is 0.282. The number of hydrogen-bond acceptors (Lipinski definition) is 6. The van der Waals surface area contributed by atoms with Crippen LogP contribution in [0.5, 0.6) is 0 Å². The molecule has 0 atom stereocenters. The van der Waals surface area contributed by atoms with Crippen molar-refractivity contribution in [2.45, 2.75) is 11.3 Å². The van der Waals surface area contributed by atoms with Crippen LogP contribution in [-0.4, -0.2) is 31.1 Å². The fourth-order valence-corrected chi connectivity index (χ4v) is 4.23. The summed E-state index contributed by atoms with van der Waals surface area (Å²) < 4.78 is 31.2. The number of nitrogens with zero attached hydrogens (tertiary/aromatic N) is 2. The lowest BCUT2D eigenvalue weighted by Crippen LogP contribution is -2.26. The molecule has 0 unspecified atom stereocenters. The molecule has 126 valence electrons. The zero-order valence-electron chi connectivity index (χ0n) is 12.5. The van der Waals surface area contributed by atoms with Gasteiger partial charge in [-0.2, -0.15) is 2.52 Å². The van der Waals surface area contributed by atoms with Crippen LogP contribution >= 0.6 is 48.5 Å². The SMILES string of the molecule is CN(S)c1cccc2c(S(=O)(=O)NCCCN(S)I)cccc12. The van der Waals surface area contributed by atoms with Gasteiger partial charge < -0.3 is 4.31 Å². The van der Waals surface area contributed by atoms with Gasteiger partial charge in [-0.25, -0.2) is 13.1 Å². The maximum Gasteiger partial charge on any atom is 0.241 e. The largest absolute Gasteiger partial charge is 0.321 e. The summed E-state index contributed by atoms with van der Waals surface area (Å²) in [5.41, 5.74) is 0.860. The van der Waals surface area contributed by atoms with Crippen molar-refractivity contribution in [1.82, 2.24) is 7.24 Å². The molecule has 0 aliphatic rings. The molecule has 0 saturated heterocycles. The van der Waals surface area contributed by atoms with Crippen molar-refractivity contribution in [3.8, 4) is 0 Å². The van der Waals surface area contributed by atoms with Gasteiger partial charge >= 0.3 is 0 Å². The van der Waals surface area contributed by atoms with E-state index in [-0.39, 0.29) is 4.90 Å². The number of halogens is 1. The summed E-state index contributed by atoms with van der Waals surface area (Å²) in [5, 5.41) is 1.53. The van der Waals surface area contributed by atoms with Crippen LogP contribution in [0.2, 0.25) is 0 Å². The van der Waals surface area contributed by atoms with Crippen molar-refractivity contribution < 1.29 is 8.42 Å². The summed E-state index contributed by atoms with van der Waals surface area (Å²) in [6, 6.07) is 10.8. The highest BCUT2D eigenvalue weighted by atomic mass is 127. The van der Waals surface area contributed by atoms with E-state index in [2.05, 4.69) is 30.4 Å². The van der Waals surface area contributed by atoms with Gasteiger partial charge in [-0.1, -0.05) is 49.9 Å². The molecule has 0 fully saturated rings. The Morgan fingerprint density at radius 1 is 1.13 bits per heavy atom. The standard InChI is InChI=1S/C14H18IN3O2S3/c1-17(21)13-7-2-6-12-11(13)5-3-8-14(12)23(19,20)16-9-4-10-18(15)22/h2-3,5-8,16,21-22H,4,9-10H2,1H3. The monoisotopic (exact) mass is 483 g/mol. The van der Waals surface area contributed by atoms with Gasteiger partial charge in [0.1, 0.15) is 0 Å². The average Bonchev–Trinajstić information content (AvgIpc) is 2.50. The van der Waals surface area contributed by atoms with E-state index in [4.69, 9.17) is 0 Å². The van der Waals surface area contributed by atoms with Crippen molar-refractivity contribution in [3.05, 3.63) is 36.4 Å². The van der Waals surface area contributed by atoms with Crippen LogP contribution in [0.4, 0.5) is 5.69 Å². The van der Waals surface area contributed by atoms with Crippen molar-refractivity contribution >= 4 is 75.0 Å². The third-order valence-electron chi connectivity index (χ3n) is 3.31. The van der Waals surface area contributed by atoms with E-state index in [9.17, 15) is 8.42 Å². The van der Waals surface area contributed by atoms with Crippen LogP contribution in [0.1, 0.15) is 6.42 Å². The van der Waals surface area contributed by atoms with Gasteiger partial charge in [0.05, 0.1) is 10.6 Å². The number of fused-ring (bicyclic) bond motifs is 1. The topological polar surface area (TPSA) is 52.7 Å². The molecule has 1 N–H and O–H groups in total. The molecule has 0 heterocycles. The summed E-state index contributed by atoms with van der Waals surface area (Å²) in [4.78, 5) is 0.282. The highest BCUT2D eigenvalue weighted by Gasteiger charge is 2.18. The van der Waals surface area contributed by atoms with Crippen molar-refractivity contribution in [2.24, 2.45) is 0 Å². The van der Waals surface area contributed by atoms with Crippen LogP contribution < -0.4 is 9.03 Å². The molecule has 2 aromatic rings. The predicted molar refractivity (Wildman–Crippen MR) is 111 cm³/mol. The van der Waals surface area contributed by atoms with E-state index in [1.165, 1.54) is 0 Å². The number of nitrogens with one attached hydrogen (secondary N) is 1. The first-order valence-corrected chi connectivity index (χ1v) is 10.1. The third kappa shape index (κ3) is 4.89. The van der Waals surface area contributed by atoms with Crippen molar-refractivity contribution in [1.29, 1.82) is 0 Å². The van der Waals surface area contributed by atoms with Gasteiger partial charge in [-0.15, -0.1) is 0 Å². The first-order valence-electron chi connectivity index (χ1n) is 6.89. The fourth-order valence-electron chi connectivity index (χ4n) is 2.27. The lowest BCUT2D eigenvalue weighted by molar-refractivity contribution is 0.577. The lowest BCUT2D eigenvalue weighted by Gasteiger charge is -2.16. The second-order valence-electron chi connectivity index (χ2n) is 4.96. The molecule has 0 aliphatic heterocycles. The fraction of sp³-hybridized carbons (Fsp3) is 0.286. The Kier molecular flexibility index (Phi) is 6.87. The van der Waals surface area contributed by atoms with Crippen molar-refractivity contribution in [3.63, 3.8) is 0 Å². The molecule has 0 amide bonds. The Balaban J connectivity index is 2.34. The van der Waals surface area contributed by atoms with Crippen LogP contribution in [-0.2, 0) is 10.0 Å². The molecule has 0 aliphatic carbocycles. The van der Waals surface area contributed by atoms with E-state index in [1.54, 1.807) is 19.0 Å². The van der Waals surface area contributed by atoms with Gasteiger partial charge in [0, 0.05) is 53.8 Å². The summed E-state index contributed by atoms with van der Waals surface area (Å²) in [7, 11) is -1.76. The smallest absolute Gasteiger partial charge is 0.241 e. The highest BCUT2D eigenvalue weighted by molar-refractivity contribution is 14.1. The number of anilines is 1. The summed E-state index contributed by atoms with van der Waals surface area (Å²) >= 11 is 10.5. The maximum atomic E-state index is 12.6. The van der Waals surface area contributed by atoms with Gasteiger partial charge in [0.2, 0.25) is 10.0 Å². The first kappa shape index (κ1) is 19.1. The van der Waals surface area contributed by atoms with E-state index in [0.29, 0.717) is 24.9 Å². The molecular weight excluding hydrogens is 465 g/mol. The van der Waals surface area contributed by atoms with E-state index >= 15 is 0 Å². The molecule has 0 aromatic heterocycles. The van der Waals surface area contributed by atoms with Crippen LogP contribution in [0.3, 0.4) is 0 Å². The van der Waals surface area contributed by atoms with E-state index in [0.717, 1.165) is 11.1 Å². The molecule has 2 aromatic carbocycles. The molecule has 5 nitrogen and oxygen atoms in total. The van der Waals surface area contributed by atoms with E-state index in [1.807, 2.05) is 54.2 Å². The Labute approximate surface area is 162 Å². The molecule has 0 spiro atoms. The lowest BCUT2D eigenvalue weighted by atomic mass is 10.1. The van der Waals surface area contributed by atoms with Gasteiger partial charge in [0.25, 0.3) is 0 Å². The Hall–Kier alpha value is -0.200. The molecular formula is C14H18IN3O2S3. The molecule has 0 bridgehead atoms. The Morgan fingerprint density at radius 3 is 2.43 bits per heavy atom. The maximum absolute atomic E-state index is 12.6.